The van der Waals surface area contributed by atoms with Crippen LogP contribution >= 0.6 is 11.6 Å². The minimum atomic E-state index is -4.78. The van der Waals surface area contributed by atoms with Gasteiger partial charge in [0, 0.05) is 6.54 Å². The summed E-state index contributed by atoms with van der Waals surface area (Å²) >= 11 is 5.63. The van der Waals surface area contributed by atoms with Crippen LogP contribution in [0.4, 0.5) is 18.9 Å². The Bertz CT molecular complexity index is 1260. The summed E-state index contributed by atoms with van der Waals surface area (Å²) in [4.78, 5) is 12.7. The number of nitrogens with zero attached hydrogens (tertiary/aromatic N) is 1. The molecule has 170 valence electrons. The third-order valence-corrected chi connectivity index (χ3v) is 6.45. The minimum Gasteiger partial charge on any atom is -0.350 e. The first-order valence-corrected chi connectivity index (χ1v) is 11.7. The van der Waals surface area contributed by atoms with Gasteiger partial charge in [-0.3, -0.25) is 9.10 Å². The molecule has 5 nitrogen and oxygen atoms in total. The first-order chi connectivity index (χ1) is 14.9. The molecule has 0 bridgehead atoms. The van der Waals surface area contributed by atoms with E-state index < -0.39 is 38.7 Å². The van der Waals surface area contributed by atoms with Crippen molar-refractivity contribution in [3.05, 3.63) is 76.8 Å². The van der Waals surface area contributed by atoms with E-state index in [9.17, 15) is 26.4 Å². The van der Waals surface area contributed by atoms with Crippen LogP contribution in [0.1, 0.15) is 18.1 Å². The van der Waals surface area contributed by atoms with Crippen LogP contribution in [-0.4, -0.2) is 26.6 Å². The van der Waals surface area contributed by atoms with Gasteiger partial charge in [-0.05, 0) is 47.5 Å². The van der Waals surface area contributed by atoms with Crippen molar-refractivity contribution in [1.82, 2.24) is 5.32 Å². The standard InChI is InChI=1S/C22H20ClF3N2O3S/c1-14(21(29)27-13-15-7-8-16-5-3-4-6-17(16)11-15)28(32(2,30)31)18-9-10-20(23)19(12-18)22(24,25)26/h3-12,14H,13H2,1-2H3,(H,27,29)/t14-/m1/s1. The van der Waals surface area contributed by atoms with E-state index in [1.54, 1.807) is 0 Å². The summed E-state index contributed by atoms with van der Waals surface area (Å²) in [7, 11) is -4.09. The lowest BCUT2D eigenvalue weighted by atomic mass is 10.1. The van der Waals surface area contributed by atoms with Crippen LogP contribution in [0.5, 0.6) is 0 Å². The van der Waals surface area contributed by atoms with Crippen molar-refractivity contribution in [1.29, 1.82) is 0 Å². The molecule has 10 heteroatoms. The number of halogens is 4. The lowest BCUT2D eigenvalue weighted by Crippen LogP contribution is -2.47. The molecule has 1 amide bonds. The van der Waals surface area contributed by atoms with Crippen molar-refractivity contribution in [2.24, 2.45) is 0 Å². The van der Waals surface area contributed by atoms with Crippen molar-refractivity contribution >= 4 is 44.0 Å². The van der Waals surface area contributed by atoms with Gasteiger partial charge in [0.05, 0.1) is 22.5 Å². The number of amides is 1. The predicted octanol–water partition coefficient (Wildman–Crippen LogP) is 4.98. The summed E-state index contributed by atoms with van der Waals surface area (Å²) in [6.07, 6.45) is -3.96. The maximum atomic E-state index is 13.2. The van der Waals surface area contributed by atoms with Crippen molar-refractivity contribution in [3.8, 4) is 0 Å². The van der Waals surface area contributed by atoms with Crippen molar-refractivity contribution in [2.45, 2.75) is 25.7 Å². The third-order valence-electron chi connectivity index (χ3n) is 4.88. The van der Waals surface area contributed by atoms with Gasteiger partial charge < -0.3 is 5.32 Å². The van der Waals surface area contributed by atoms with Gasteiger partial charge in [0.15, 0.2) is 0 Å². The Labute approximate surface area is 188 Å². The number of benzene rings is 3. The van der Waals surface area contributed by atoms with E-state index in [0.29, 0.717) is 10.4 Å². The Morgan fingerprint density at radius 1 is 1.06 bits per heavy atom. The quantitative estimate of drug-likeness (QED) is 0.536. The highest BCUT2D eigenvalue weighted by atomic mass is 35.5. The molecular weight excluding hydrogens is 465 g/mol. The zero-order valence-corrected chi connectivity index (χ0v) is 18.7. The molecule has 0 unspecified atom stereocenters. The molecule has 0 radical (unpaired) electrons. The van der Waals surface area contributed by atoms with Gasteiger partial charge in [-0.15, -0.1) is 0 Å². The number of rotatable bonds is 6. The molecule has 3 aromatic carbocycles. The molecule has 0 aliphatic carbocycles. The Hall–Kier alpha value is -2.78. The Kier molecular flexibility index (Phi) is 6.71. The second-order valence-corrected chi connectivity index (χ2v) is 9.56. The highest BCUT2D eigenvalue weighted by molar-refractivity contribution is 7.92. The van der Waals surface area contributed by atoms with Gasteiger partial charge in [0.2, 0.25) is 15.9 Å². The van der Waals surface area contributed by atoms with Crippen LogP contribution in [0.25, 0.3) is 10.8 Å². The Balaban J connectivity index is 1.84. The van der Waals surface area contributed by atoms with Crippen LogP contribution < -0.4 is 9.62 Å². The van der Waals surface area contributed by atoms with Crippen molar-refractivity contribution in [3.63, 3.8) is 0 Å². The van der Waals surface area contributed by atoms with Crippen LogP contribution in [0.2, 0.25) is 5.02 Å². The van der Waals surface area contributed by atoms with Crippen molar-refractivity contribution < 1.29 is 26.4 Å². The molecule has 0 aromatic heterocycles. The number of hydrogen-bond donors (Lipinski definition) is 1. The summed E-state index contributed by atoms with van der Waals surface area (Å²) < 4.78 is 65.1. The second-order valence-electron chi connectivity index (χ2n) is 7.30. The normalized spacial score (nSPS) is 13.1. The minimum absolute atomic E-state index is 0.125. The summed E-state index contributed by atoms with van der Waals surface area (Å²) in [5.41, 5.74) is -0.701. The average Bonchev–Trinajstić information content (AvgIpc) is 2.71. The van der Waals surface area contributed by atoms with E-state index in [1.807, 2.05) is 42.5 Å². The van der Waals surface area contributed by atoms with E-state index >= 15 is 0 Å². The fourth-order valence-corrected chi connectivity index (χ4v) is 4.75. The lowest BCUT2D eigenvalue weighted by molar-refractivity contribution is -0.137. The molecule has 0 spiro atoms. The number of carbonyl (C=O) groups is 1. The summed E-state index contributed by atoms with van der Waals surface area (Å²) in [6.45, 7) is 1.43. The number of alkyl halides is 3. The fourth-order valence-electron chi connectivity index (χ4n) is 3.36. The number of sulfonamides is 1. The largest absolute Gasteiger partial charge is 0.417 e. The monoisotopic (exact) mass is 484 g/mol. The molecule has 0 aliphatic rings. The van der Waals surface area contributed by atoms with Gasteiger partial charge in [-0.1, -0.05) is 48.0 Å². The van der Waals surface area contributed by atoms with Crippen LogP contribution in [-0.2, 0) is 27.5 Å². The summed E-state index contributed by atoms with van der Waals surface area (Å²) in [5.74, 6) is -0.660. The third kappa shape index (κ3) is 5.34. The fraction of sp³-hybridized carbons (Fsp3) is 0.227. The average molecular weight is 485 g/mol. The summed E-state index contributed by atoms with van der Waals surface area (Å²) in [5, 5.41) is 4.09. The summed E-state index contributed by atoms with van der Waals surface area (Å²) in [6, 6.07) is 14.7. The highest BCUT2D eigenvalue weighted by Gasteiger charge is 2.36. The first-order valence-electron chi connectivity index (χ1n) is 9.49. The lowest BCUT2D eigenvalue weighted by Gasteiger charge is -2.29. The van der Waals surface area contributed by atoms with Crippen LogP contribution in [0.3, 0.4) is 0 Å². The molecule has 32 heavy (non-hydrogen) atoms. The first kappa shape index (κ1) is 23.9. The zero-order chi connectivity index (χ0) is 23.7. The van der Waals surface area contributed by atoms with Gasteiger partial charge >= 0.3 is 6.18 Å². The maximum absolute atomic E-state index is 13.2. The zero-order valence-electron chi connectivity index (χ0n) is 17.2. The number of fused-ring (bicyclic) bond motifs is 1. The van der Waals surface area contributed by atoms with Gasteiger partial charge in [-0.25, -0.2) is 8.42 Å². The highest BCUT2D eigenvalue weighted by Crippen LogP contribution is 2.37. The molecule has 1 atom stereocenters. The number of anilines is 1. The molecule has 0 saturated heterocycles. The topological polar surface area (TPSA) is 66.5 Å². The van der Waals surface area contributed by atoms with Crippen molar-refractivity contribution in [2.75, 3.05) is 10.6 Å². The maximum Gasteiger partial charge on any atom is 0.417 e. The Morgan fingerprint density at radius 2 is 1.72 bits per heavy atom. The molecule has 1 N–H and O–H groups in total. The SMILES string of the molecule is C[C@H](C(=O)NCc1ccc2ccccc2c1)N(c1ccc(Cl)c(C(F)(F)F)c1)S(C)(=O)=O. The Morgan fingerprint density at radius 3 is 2.34 bits per heavy atom. The molecule has 0 fully saturated rings. The smallest absolute Gasteiger partial charge is 0.350 e. The molecular formula is C22H20ClF3N2O3S. The number of carbonyl (C=O) groups excluding carboxylic acids is 1. The van der Waals surface area contributed by atoms with E-state index in [0.717, 1.165) is 34.7 Å². The van der Waals surface area contributed by atoms with E-state index in [4.69, 9.17) is 11.6 Å². The van der Waals surface area contributed by atoms with Gasteiger partial charge in [0.1, 0.15) is 6.04 Å². The van der Waals surface area contributed by atoms with Crippen LogP contribution in [0, 0.1) is 0 Å². The van der Waals surface area contributed by atoms with E-state index in [2.05, 4.69) is 5.32 Å². The number of hydrogen-bond acceptors (Lipinski definition) is 3. The molecule has 0 heterocycles. The van der Waals surface area contributed by atoms with E-state index in [1.165, 1.54) is 6.92 Å². The van der Waals surface area contributed by atoms with Gasteiger partial charge in [-0.2, -0.15) is 13.2 Å². The molecule has 0 aliphatic heterocycles. The number of nitrogens with one attached hydrogen (secondary N) is 1. The van der Waals surface area contributed by atoms with Crippen LogP contribution in [0.15, 0.2) is 60.7 Å². The molecule has 3 aromatic rings. The molecule has 0 saturated carbocycles. The molecule has 3 rings (SSSR count). The van der Waals surface area contributed by atoms with Gasteiger partial charge in [0.25, 0.3) is 0 Å². The van der Waals surface area contributed by atoms with E-state index in [-0.39, 0.29) is 12.2 Å². The predicted molar refractivity (Wildman–Crippen MR) is 119 cm³/mol. The second kappa shape index (κ2) is 8.99.